The lowest BCUT2D eigenvalue weighted by molar-refractivity contribution is -0.142. The third-order valence-electron chi connectivity index (χ3n) is 8.08. The maximum Gasteiger partial charge on any atom is 0.414 e. The fourth-order valence-corrected chi connectivity index (χ4v) is 6.23. The summed E-state index contributed by atoms with van der Waals surface area (Å²) < 4.78 is 5.95. The van der Waals surface area contributed by atoms with Gasteiger partial charge in [-0.15, -0.1) is 0 Å². The number of rotatable bonds is 11. The maximum absolute atomic E-state index is 14.1. The van der Waals surface area contributed by atoms with Crippen molar-refractivity contribution in [1.29, 1.82) is 0 Å². The molecule has 2 aliphatic carbocycles. The van der Waals surface area contributed by atoms with Crippen LogP contribution in [0, 0.1) is 11.3 Å². The first-order chi connectivity index (χ1) is 19.9. The Morgan fingerprint density at radius 2 is 1.52 bits per heavy atom. The number of unbranched alkanes of at least 4 members (excludes halogenated alkanes) is 1. The summed E-state index contributed by atoms with van der Waals surface area (Å²) in [6.07, 6.45) is 0.727. The highest BCUT2D eigenvalue weighted by atomic mass is 16.6. The van der Waals surface area contributed by atoms with Crippen LogP contribution in [0.3, 0.4) is 0 Å². The number of carboxylic acids is 1. The number of nitrogens with two attached hydrogens (primary N) is 1. The number of carbonyl (C=O) groups is 4. The molecule has 2 aromatic rings. The second kappa shape index (κ2) is 13.0. The number of ether oxygens (including phenoxy) is 1. The molecule has 8 nitrogen and oxygen atoms in total. The van der Waals surface area contributed by atoms with Gasteiger partial charge in [0.05, 0.1) is 5.57 Å². The number of nitrogens with zero attached hydrogens (tertiary/aromatic N) is 1. The van der Waals surface area contributed by atoms with E-state index in [0.717, 1.165) is 27.2 Å². The van der Waals surface area contributed by atoms with Gasteiger partial charge in [-0.3, -0.25) is 14.5 Å². The Labute approximate surface area is 247 Å². The van der Waals surface area contributed by atoms with Gasteiger partial charge in [0.2, 0.25) is 0 Å². The predicted molar refractivity (Wildman–Crippen MR) is 161 cm³/mol. The number of hydrogen-bond acceptors (Lipinski definition) is 6. The molecule has 3 N–H and O–H groups in total. The number of carboxylic acid groups (broad SMARTS) is 1. The highest BCUT2D eigenvalue weighted by Crippen LogP contribution is 2.45. The molecule has 0 aliphatic heterocycles. The SMILES string of the molecule is CC(C)CC(=C1C(=O)CC(C)(C)CC1=O)N(C(=O)OCC1c2ccccc2-c2ccccc21)[C@@H](CCCCN)C(=O)O. The van der Waals surface area contributed by atoms with Crippen molar-refractivity contribution in [1.82, 2.24) is 4.90 Å². The van der Waals surface area contributed by atoms with Crippen LogP contribution in [0.2, 0.25) is 0 Å². The van der Waals surface area contributed by atoms with Gasteiger partial charge in [0.1, 0.15) is 12.6 Å². The molecule has 8 heteroatoms. The lowest BCUT2D eigenvalue weighted by atomic mass is 9.73. The van der Waals surface area contributed by atoms with Crippen LogP contribution < -0.4 is 5.73 Å². The monoisotopic (exact) mass is 574 g/mol. The molecule has 42 heavy (non-hydrogen) atoms. The fraction of sp³-hybridized carbons (Fsp3) is 0.471. The van der Waals surface area contributed by atoms with Gasteiger partial charge in [0, 0.05) is 24.5 Å². The van der Waals surface area contributed by atoms with Crippen molar-refractivity contribution in [3.8, 4) is 11.1 Å². The van der Waals surface area contributed by atoms with Crippen LogP contribution in [-0.2, 0) is 19.1 Å². The Balaban J connectivity index is 1.75. The van der Waals surface area contributed by atoms with Crippen LogP contribution in [0.25, 0.3) is 11.1 Å². The maximum atomic E-state index is 14.1. The van der Waals surface area contributed by atoms with Crippen LogP contribution in [0.1, 0.15) is 83.3 Å². The van der Waals surface area contributed by atoms with Crippen LogP contribution in [0.5, 0.6) is 0 Å². The zero-order valence-electron chi connectivity index (χ0n) is 25.0. The summed E-state index contributed by atoms with van der Waals surface area (Å²) >= 11 is 0. The molecular formula is C34H42N2O6. The first-order valence-electron chi connectivity index (χ1n) is 14.8. The third kappa shape index (κ3) is 6.65. The van der Waals surface area contributed by atoms with Gasteiger partial charge in [-0.05, 0) is 65.8 Å². The molecule has 1 fully saturated rings. The van der Waals surface area contributed by atoms with E-state index in [1.807, 2.05) is 76.2 Å². The molecule has 0 spiro atoms. The molecule has 2 aliphatic rings. The molecule has 224 valence electrons. The lowest BCUT2D eigenvalue weighted by Gasteiger charge is -2.36. The van der Waals surface area contributed by atoms with Crippen LogP contribution in [0.4, 0.5) is 4.79 Å². The normalized spacial score (nSPS) is 16.7. The van der Waals surface area contributed by atoms with E-state index in [2.05, 4.69) is 0 Å². The van der Waals surface area contributed by atoms with Crippen LogP contribution >= 0.6 is 0 Å². The van der Waals surface area contributed by atoms with Crippen molar-refractivity contribution in [2.24, 2.45) is 17.1 Å². The van der Waals surface area contributed by atoms with Gasteiger partial charge in [0.15, 0.2) is 11.6 Å². The lowest BCUT2D eigenvalue weighted by Crippen LogP contribution is -2.47. The van der Waals surface area contributed by atoms with Crippen molar-refractivity contribution < 1.29 is 29.0 Å². The minimum atomic E-state index is -1.32. The summed E-state index contributed by atoms with van der Waals surface area (Å²) in [5.74, 6) is -2.25. The summed E-state index contributed by atoms with van der Waals surface area (Å²) in [7, 11) is 0. The number of amides is 1. The Morgan fingerprint density at radius 1 is 0.976 bits per heavy atom. The van der Waals surface area contributed by atoms with Gasteiger partial charge in [0.25, 0.3) is 0 Å². The molecule has 0 heterocycles. The zero-order chi connectivity index (χ0) is 30.6. The molecule has 1 atom stereocenters. The van der Waals surface area contributed by atoms with Gasteiger partial charge in [-0.2, -0.15) is 0 Å². The van der Waals surface area contributed by atoms with Crippen LogP contribution in [0.15, 0.2) is 59.8 Å². The smallest absolute Gasteiger partial charge is 0.414 e. The number of ketones is 2. The fourth-order valence-electron chi connectivity index (χ4n) is 6.23. The largest absolute Gasteiger partial charge is 0.480 e. The topological polar surface area (TPSA) is 127 Å². The molecule has 0 unspecified atom stereocenters. The third-order valence-corrected chi connectivity index (χ3v) is 8.08. The van der Waals surface area contributed by atoms with E-state index in [0.29, 0.717) is 19.4 Å². The highest BCUT2D eigenvalue weighted by Gasteiger charge is 2.42. The average Bonchev–Trinajstić information content (AvgIpc) is 3.23. The standard InChI is InChI=1S/C34H42N2O6/c1-21(2)17-28(31-29(37)18-34(3,4)19-30(31)38)36(27(32(39)40)15-9-10-16-35)33(41)42-20-26-24-13-7-5-11-22(24)23-12-6-8-14-25(23)26/h5-8,11-14,21,26-27H,9-10,15-20,35H2,1-4H3,(H,39,40)/t27-/m0/s1. The van der Waals surface area contributed by atoms with E-state index in [1.165, 1.54) is 0 Å². The number of fused-ring (bicyclic) bond motifs is 3. The number of benzene rings is 2. The molecule has 0 bridgehead atoms. The van der Waals surface area contributed by atoms with Crippen molar-refractivity contribution in [2.45, 2.75) is 78.2 Å². The number of Topliss-reactive ketones (excluding diaryl/α,β-unsaturated/α-hetero) is 2. The highest BCUT2D eigenvalue weighted by molar-refractivity contribution is 6.23. The van der Waals surface area contributed by atoms with Gasteiger partial charge in [-0.25, -0.2) is 9.59 Å². The summed E-state index contributed by atoms with van der Waals surface area (Å²) in [6.45, 7) is 7.89. The molecule has 1 amide bonds. The van der Waals surface area contributed by atoms with E-state index in [-0.39, 0.29) is 67.0 Å². The first-order valence-corrected chi connectivity index (χ1v) is 14.8. The summed E-state index contributed by atoms with van der Waals surface area (Å²) in [4.78, 5) is 54.7. The number of aliphatic carboxylic acids is 1. The van der Waals surface area contributed by atoms with E-state index in [9.17, 15) is 24.3 Å². The molecule has 0 radical (unpaired) electrons. The number of allylic oxidation sites excluding steroid dienone is 2. The summed E-state index contributed by atoms with van der Waals surface area (Å²) in [5.41, 5.74) is 9.43. The van der Waals surface area contributed by atoms with Crippen molar-refractivity contribution in [2.75, 3.05) is 13.2 Å². The van der Waals surface area contributed by atoms with Crippen LogP contribution in [-0.4, -0.2) is 52.8 Å². The number of hydrogen-bond donors (Lipinski definition) is 2. The van der Waals surface area contributed by atoms with E-state index in [4.69, 9.17) is 10.5 Å². The predicted octanol–water partition coefficient (Wildman–Crippen LogP) is 6.08. The average molecular weight is 575 g/mol. The quantitative estimate of drug-likeness (QED) is 0.189. The van der Waals surface area contributed by atoms with Crippen molar-refractivity contribution in [3.63, 3.8) is 0 Å². The summed E-state index contributed by atoms with van der Waals surface area (Å²) in [6, 6.07) is 14.6. The summed E-state index contributed by atoms with van der Waals surface area (Å²) in [5, 5.41) is 10.4. The first kappa shape index (κ1) is 31.2. The second-order valence-electron chi connectivity index (χ2n) is 12.6. The minimum absolute atomic E-state index is 0.0162. The van der Waals surface area contributed by atoms with E-state index in [1.54, 1.807) is 0 Å². The van der Waals surface area contributed by atoms with E-state index >= 15 is 0 Å². The molecule has 0 saturated heterocycles. The second-order valence-corrected chi connectivity index (χ2v) is 12.6. The van der Waals surface area contributed by atoms with E-state index < -0.39 is 23.5 Å². The van der Waals surface area contributed by atoms with Crippen molar-refractivity contribution in [3.05, 3.63) is 70.9 Å². The van der Waals surface area contributed by atoms with Gasteiger partial charge >= 0.3 is 12.1 Å². The molecule has 1 saturated carbocycles. The van der Waals surface area contributed by atoms with Gasteiger partial charge < -0.3 is 15.6 Å². The Hall–Kier alpha value is -3.78. The minimum Gasteiger partial charge on any atom is -0.480 e. The Morgan fingerprint density at radius 3 is 2.02 bits per heavy atom. The molecule has 0 aromatic heterocycles. The zero-order valence-corrected chi connectivity index (χ0v) is 25.0. The Kier molecular flexibility index (Phi) is 9.67. The number of carbonyl (C=O) groups excluding carboxylic acids is 3. The molecule has 2 aromatic carbocycles. The molecular weight excluding hydrogens is 532 g/mol. The van der Waals surface area contributed by atoms with Gasteiger partial charge in [-0.1, -0.05) is 76.2 Å². The Bertz CT molecular complexity index is 1320. The molecule has 4 rings (SSSR count). The van der Waals surface area contributed by atoms with Crippen molar-refractivity contribution >= 4 is 23.6 Å².